The zero-order chi connectivity index (χ0) is 27.2. The number of primary amides is 1. The molecule has 38 heavy (non-hydrogen) atoms. The molecule has 8 nitrogen and oxygen atoms in total. The van der Waals surface area contributed by atoms with Crippen LogP contribution in [0.1, 0.15) is 22.4 Å². The Bertz CT molecular complexity index is 1480. The van der Waals surface area contributed by atoms with Gasteiger partial charge in [0, 0.05) is 43.2 Å². The third-order valence-corrected chi connectivity index (χ3v) is 7.79. The van der Waals surface area contributed by atoms with Gasteiger partial charge >= 0.3 is 0 Å². The highest BCUT2D eigenvalue weighted by molar-refractivity contribution is 6.33. The number of aryl methyl sites for hydroxylation is 1. The maximum Gasteiger partial charge on any atom is 0.232 e. The molecular weight excluding hydrogens is 507 g/mol. The zero-order valence-corrected chi connectivity index (χ0v) is 22.3. The molecule has 4 N–H and O–H groups in total. The van der Waals surface area contributed by atoms with Gasteiger partial charge in [-0.3, -0.25) is 4.79 Å². The van der Waals surface area contributed by atoms with Crippen molar-refractivity contribution in [3.05, 3.63) is 75.4 Å². The number of nitrogens with one attached hydrogen (secondary N) is 1. The molecule has 2 saturated heterocycles. The Kier molecular flexibility index (Phi) is 6.85. The van der Waals surface area contributed by atoms with Gasteiger partial charge in [0.1, 0.15) is 16.7 Å². The number of benzene rings is 2. The maximum absolute atomic E-state index is 16.0. The molecule has 2 fully saturated rings. The summed E-state index contributed by atoms with van der Waals surface area (Å²) in [4.78, 5) is 25.9. The van der Waals surface area contributed by atoms with Crippen LogP contribution in [0.5, 0.6) is 0 Å². The molecule has 0 radical (unpaired) electrons. The molecule has 0 saturated carbocycles. The Morgan fingerprint density at radius 2 is 2.00 bits per heavy atom. The Hall–Kier alpha value is -3.53. The summed E-state index contributed by atoms with van der Waals surface area (Å²) < 4.78 is 16.0. The number of carbonyl (C=O) groups is 1. The predicted octanol–water partition coefficient (Wildman–Crippen LogP) is 3.42. The van der Waals surface area contributed by atoms with Crippen molar-refractivity contribution in [3.8, 4) is 0 Å². The van der Waals surface area contributed by atoms with E-state index in [1.54, 1.807) is 12.1 Å². The van der Waals surface area contributed by atoms with Gasteiger partial charge < -0.3 is 26.0 Å². The van der Waals surface area contributed by atoms with Crippen molar-refractivity contribution in [3.63, 3.8) is 0 Å². The zero-order valence-electron chi connectivity index (χ0n) is 21.5. The van der Waals surface area contributed by atoms with Crippen LogP contribution in [0.2, 0.25) is 5.02 Å². The van der Waals surface area contributed by atoms with E-state index in [0.29, 0.717) is 49.2 Å². The number of nitrogens with two attached hydrogens (primary N) is 1. The summed E-state index contributed by atoms with van der Waals surface area (Å²) in [5, 5.41) is 14.0. The first kappa shape index (κ1) is 26.1. The van der Waals surface area contributed by atoms with Crippen LogP contribution in [-0.2, 0) is 10.2 Å². The molecule has 0 unspecified atom stereocenters. The van der Waals surface area contributed by atoms with Crippen molar-refractivity contribution in [1.82, 2.24) is 20.2 Å². The van der Waals surface area contributed by atoms with Crippen molar-refractivity contribution in [2.75, 3.05) is 45.2 Å². The summed E-state index contributed by atoms with van der Waals surface area (Å²) in [6.07, 6.45) is 4.41. The van der Waals surface area contributed by atoms with E-state index in [-0.39, 0.29) is 21.9 Å². The van der Waals surface area contributed by atoms with Crippen molar-refractivity contribution in [2.24, 2.45) is 5.73 Å². The lowest BCUT2D eigenvalue weighted by Crippen LogP contribution is -2.64. The largest absolute Gasteiger partial charge is 0.508 e. The molecule has 0 aliphatic carbocycles. The number of likely N-dealkylation sites (N-methyl/N-ethyl adjacent to an activating group) is 1. The Morgan fingerprint density at radius 1 is 1.29 bits per heavy atom. The molecule has 2 aromatic carbocycles. The smallest absolute Gasteiger partial charge is 0.232 e. The third-order valence-electron chi connectivity index (χ3n) is 7.47. The number of carbonyl (C=O) groups excluding carboxylic acids is 1. The molecule has 1 amide bonds. The fourth-order valence-electron chi connectivity index (χ4n) is 4.76. The average molecular weight is 537 g/mol. The van der Waals surface area contributed by atoms with E-state index < -0.39 is 17.1 Å². The van der Waals surface area contributed by atoms with Gasteiger partial charge in [-0.05, 0) is 56.4 Å². The number of aliphatic hydroxyl groups is 1. The van der Waals surface area contributed by atoms with Crippen molar-refractivity contribution < 1.29 is 14.3 Å². The lowest BCUT2D eigenvalue weighted by Gasteiger charge is -2.44. The molecule has 0 spiro atoms. The second-order valence-electron chi connectivity index (χ2n) is 10.2. The van der Waals surface area contributed by atoms with E-state index >= 15 is 4.39 Å². The molecule has 2 aliphatic rings. The fourth-order valence-corrected chi connectivity index (χ4v) is 5.02. The van der Waals surface area contributed by atoms with E-state index in [1.807, 2.05) is 50.2 Å². The predicted molar refractivity (Wildman–Crippen MR) is 149 cm³/mol. The number of rotatable bonds is 7. The van der Waals surface area contributed by atoms with E-state index in [2.05, 4.69) is 15.2 Å². The summed E-state index contributed by atoms with van der Waals surface area (Å²) in [7, 11) is 4.00. The molecular formula is C28H30ClFN6O2. The highest BCUT2D eigenvalue weighted by atomic mass is 35.5. The number of anilines is 1. The van der Waals surface area contributed by atoms with E-state index in [9.17, 15) is 9.90 Å². The number of hydrogen-bond donors (Lipinski definition) is 3. The Labute approximate surface area is 225 Å². The summed E-state index contributed by atoms with van der Waals surface area (Å²) in [6, 6.07) is 9.50. The first-order chi connectivity index (χ1) is 18.1. The van der Waals surface area contributed by atoms with Crippen molar-refractivity contribution in [1.29, 1.82) is 0 Å². The number of hydrogen-bond acceptors (Lipinski definition) is 7. The van der Waals surface area contributed by atoms with E-state index in [1.165, 1.54) is 12.2 Å². The first-order valence-corrected chi connectivity index (χ1v) is 12.7. The van der Waals surface area contributed by atoms with Crippen molar-refractivity contribution in [2.45, 2.75) is 18.4 Å². The monoisotopic (exact) mass is 536 g/mol. The molecule has 10 heteroatoms. The summed E-state index contributed by atoms with van der Waals surface area (Å²) in [6.45, 7) is 3.89. The molecule has 5 rings (SSSR count). The molecule has 3 aromatic rings. The summed E-state index contributed by atoms with van der Waals surface area (Å²) >= 11 is 6.54. The third kappa shape index (κ3) is 4.51. The van der Waals surface area contributed by atoms with Gasteiger partial charge in [-0.25, -0.2) is 14.4 Å². The van der Waals surface area contributed by atoms with Crippen LogP contribution in [0, 0.1) is 12.7 Å². The van der Waals surface area contributed by atoms with Gasteiger partial charge in [0.25, 0.3) is 0 Å². The Morgan fingerprint density at radius 3 is 2.61 bits per heavy atom. The van der Waals surface area contributed by atoms with E-state index in [0.717, 1.165) is 11.1 Å². The fraction of sp³-hybridized carbons (Fsp3) is 0.321. The van der Waals surface area contributed by atoms with Crippen LogP contribution in [-0.4, -0.2) is 72.2 Å². The number of fused-ring (bicyclic) bond motifs is 1. The molecule has 3 heterocycles. The van der Waals surface area contributed by atoms with Gasteiger partial charge in [0.2, 0.25) is 11.9 Å². The highest BCUT2D eigenvalue weighted by Crippen LogP contribution is 2.38. The van der Waals surface area contributed by atoms with Gasteiger partial charge in [0.05, 0.1) is 10.7 Å². The van der Waals surface area contributed by atoms with E-state index in [4.69, 9.17) is 22.3 Å². The standard InChI is InChI=1S/C28H30ClFN6O2/c1-16-6-4-5-7-17(16)10-19(37)8-9-20-22(29)11-21-24(23(20)30)33-27(36-12-18(13-36)35(2)3)34-25(21)28(26(31)38)14-32-15-28/h4-11,18,32,37H,12-15H2,1-3H3,(H2,31,38)/b9-8+,19-10+. The Balaban J connectivity index is 1.60. The van der Waals surface area contributed by atoms with Gasteiger partial charge in [0.15, 0.2) is 5.82 Å². The number of nitrogens with zero attached hydrogens (tertiary/aromatic N) is 4. The van der Waals surface area contributed by atoms with Crippen LogP contribution in [0.4, 0.5) is 10.3 Å². The topological polar surface area (TPSA) is 108 Å². The normalized spacial score (nSPS) is 17.7. The quantitative estimate of drug-likeness (QED) is 0.314. The minimum Gasteiger partial charge on any atom is -0.508 e. The molecule has 1 aromatic heterocycles. The summed E-state index contributed by atoms with van der Waals surface area (Å²) in [5.74, 6) is -0.906. The number of aliphatic hydroxyl groups excluding tert-OH is 1. The van der Waals surface area contributed by atoms with Gasteiger partial charge in [-0.1, -0.05) is 35.9 Å². The van der Waals surface area contributed by atoms with Gasteiger partial charge in [-0.15, -0.1) is 0 Å². The molecule has 0 bridgehead atoms. The number of allylic oxidation sites excluding steroid dienone is 1. The number of amides is 1. The number of halogens is 2. The van der Waals surface area contributed by atoms with Crippen LogP contribution >= 0.6 is 11.6 Å². The van der Waals surface area contributed by atoms with Crippen molar-refractivity contribution >= 4 is 46.5 Å². The van der Waals surface area contributed by atoms with Crippen LogP contribution in [0.15, 0.2) is 42.2 Å². The first-order valence-electron chi connectivity index (χ1n) is 12.4. The second-order valence-corrected chi connectivity index (χ2v) is 10.6. The number of aromatic nitrogens is 2. The molecule has 198 valence electrons. The minimum absolute atomic E-state index is 0.0530. The maximum atomic E-state index is 16.0. The molecule has 0 atom stereocenters. The molecule has 2 aliphatic heterocycles. The average Bonchev–Trinajstić information content (AvgIpc) is 2.79. The second kappa shape index (κ2) is 9.98. The highest BCUT2D eigenvalue weighted by Gasteiger charge is 2.48. The minimum atomic E-state index is -1.08. The van der Waals surface area contributed by atoms with Crippen LogP contribution < -0.4 is 16.0 Å². The lowest BCUT2D eigenvalue weighted by atomic mass is 9.76. The van der Waals surface area contributed by atoms with Crippen LogP contribution in [0.25, 0.3) is 23.1 Å². The van der Waals surface area contributed by atoms with Crippen LogP contribution in [0.3, 0.4) is 0 Å². The SMILES string of the molecule is Cc1ccccc1/C=C(O)\C=C\c1c(Cl)cc2c(C3(C(N)=O)CNC3)nc(N3CC(N(C)C)C3)nc2c1F. The van der Waals surface area contributed by atoms with Gasteiger partial charge in [-0.2, -0.15) is 0 Å². The lowest BCUT2D eigenvalue weighted by molar-refractivity contribution is -0.125. The summed E-state index contributed by atoms with van der Waals surface area (Å²) in [5.41, 5.74) is 7.08.